The molecule has 6 nitrogen and oxygen atoms in total. The Morgan fingerprint density at radius 2 is 1.96 bits per heavy atom. The number of aromatic nitrogens is 2. The standard InChI is InChI=1S/C18H15N3O3S/c1-2-24-18(23)21-17-20-14(12-7-4-3-5-8-12)16(25-17)15(22)13-9-6-10-19-11-13/h3-11H,2H2,1H3,(H,20,21,23). The second-order valence-electron chi connectivity index (χ2n) is 4.98. The first-order chi connectivity index (χ1) is 12.2. The summed E-state index contributed by atoms with van der Waals surface area (Å²) < 4.78 is 4.87. The lowest BCUT2D eigenvalue weighted by atomic mass is 10.1. The van der Waals surface area contributed by atoms with Crippen molar-refractivity contribution < 1.29 is 14.3 Å². The van der Waals surface area contributed by atoms with Gasteiger partial charge in [0.1, 0.15) is 4.88 Å². The van der Waals surface area contributed by atoms with Gasteiger partial charge in [-0.15, -0.1) is 0 Å². The van der Waals surface area contributed by atoms with E-state index in [1.54, 1.807) is 25.3 Å². The van der Waals surface area contributed by atoms with Gasteiger partial charge in [-0.05, 0) is 19.1 Å². The van der Waals surface area contributed by atoms with Gasteiger partial charge in [0, 0.05) is 23.5 Å². The molecule has 1 N–H and O–H groups in total. The topological polar surface area (TPSA) is 81.2 Å². The van der Waals surface area contributed by atoms with Gasteiger partial charge >= 0.3 is 6.09 Å². The van der Waals surface area contributed by atoms with Gasteiger partial charge in [-0.25, -0.2) is 9.78 Å². The molecule has 3 aromatic rings. The minimum atomic E-state index is -0.601. The molecule has 0 bridgehead atoms. The molecule has 0 atom stereocenters. The maximum atomic E-state index is 12.9. The van der Waals surface area contributed by atoms with Crippen LogP contribution in [0, 0.1) is 0 Å². The van der Waals surface area contributed by atoms with Crippen LogP contribution in [-0.4, -0.2) is 28.5 Å². The molecule has 1 amide bonds. The summed E-state index contributed by atoms with van der Waals surface area (Å²) >= 11 is 1.11. The van der Waals surface area contributed by atoms with E-state index in [4.69, 9.17) is 4.74 Å². The number of carbonyl (C=O) groups is 2. The number of nitrogens with one attached hydrogen (secondary N) is 1. The Hall–Kier alpha value is -3.06. The first-order valence-corrected chi connectivity index (χ1v) is 8.45. The highest BCUT2D eigenvalue weighted by molar-refractivity contribution is 7.18. The van der Waals surface area contributed by atoms with Crippen LogP contribution in [0.2, 0.25) is 0 Å². The molecule has 2 aromatic heterocycles. The summed E-state index contributed by atoms with van der Waals surface area (Å²) in [4.78, 5) is 33.3. The number of benzene rings is 1. The highest BCUT2D eigenvalue weighted by Crippen LogP contribution is 2.32. The number of hydrogen-bond donors (Lipinski definition) is 1. The molecule has 0 aliphatic rings. The average molecular weight is 353 g/mol. The van der Waals surface area contributed by atoms with Gasteiger partial charge in [0.05, 0.1) is 12.3 Å². The molecule has 0 saturated heterocycles. The van der Waals surface area contributed by atoms with E-state index < -0.39 is 6.09 Å². The van der Waals surface area contributed by atoms with Crippen LogP contribution in [0.3, 0.4) is 0 Å². The van der Waals surface area contributed by atoms with E-state index in [0.29, 0.717) is 21.3 Å². The summed E-state index contributed by atoms with van der Waals surface area (Å²) in [5.74, 6) is -0.193. The van der Waals surface area contributed by atoms with E-state index in [1.807, 2.05) is 30.3 Å². The number of ketones is 1. The highest BCUT2D eigenvalue weighted by atomic mass is 32.1. The quantitative estimate of drug-likeness (QED) is 0.701. The molecule has 7 heteroatoms. The number of anilines is 1. The number of carbonyl (C=O) groups excluding carboxylic acids is 2. The van der Waals surface area contributed by atoms with Crippen LogP contribution in [0.4, 0.5) is 9.93 Å². The lowest BCUT2D eigenvalue weighted by molar-refractivity contribution is 0.104. The van der Waals surface area contributed by atoms with Crippen LogP contribution >= 0.6 is 11.3 Å². The van der Waals surface area contributed by atoms with E-state index in [9.17, 15) is 9.59 Å². The van der Waals surface area contributed by atoms with Crippen molar-refractivity contribution >= 4 is 28.3 Å². The Balaban J connectivity index is 2.01. The predicted octanol–water partition coefficient (Wildman–Crippen LogP) is 4.00. The lowest BCUT2D eigenvalue weighted by Gasteiger charge is -2.01. The van der Waals surface area contributed by atoms with Crippen molar-refractivity contribution in [2.45, 2.75) is 6.92 Å². The van der Waals surface area contributed by atoms with E-state index in [2.05, 4.69) is 15.3 Å². The molecule has 0 saturated carbocycles. The van der Waals surface area contributed by atoms with E-state index >= 15 is 0 Å². The second kappa shape index (κ2) is 7.67. The fraction of sp³-hybridized carbons (Fsp3) is 0.111. The Kier molecular flexibility index (Phi) is 5.15. The zero-order valence-corrected chi connectivity index (χ0v) is 14.2. The average Bonchev–Trinajstić information content (AvgIpc) is 3.06. The fourth-order valence-electron chi connectivity index (χ4n) is 2.20. The summed E-state index contributed by atoms with van der Waals surface area (Å²) in [6, 6.07) is 12.7. The van der Waals surface area contributed by atoms with Crippen molar-refractivity contribution in [2.24, 2.45) is 0 Å². The zero-order valence-electron chi connectivity index (χ0n) is 13.4. The first kappa shape index (κ1) is 16.8. The zero-order chi connectivity index (χ0) is 17.6. The molecule has 0 aliphatic heterocycles. The SMILES string of the molecule is CCOC(=O)Nc1nc(-c2ccccc2)c(C(=O)c2cccnc2)s1. The smallest absolute Gasteiger partial charge is 0.413 e. The molecule has 0 aliphatic carbocycles. The predicted molar refractivity (Wildman–Crippen MR) is 95.9 cm³/mol. The van der Waals surface area contributed by atoms with Crippen molar-refractivity contribution in [2.75, 3.05) is 11.9 Å². The normalized spacial score (nSPS) is 10.3. The van der Waals surface area contributed by atoms with Crippen LogP contribution in [0.5, 0.6) is 0 Å². The molecule has 3 rings (SSSR count). The van der Waals surface area contributed by atoms with Crippen molar-refractivity contribution in [1.82, 2.24) is 9.97 Å². The Morgan fingerprint density at radius 3 is 2.64 bits per heavy atom. The van der Waals surface area contributed by atoms with Crippen molar-refractivity contribution in [3.05, 3.63) is 65.3 Å². The maximum absolute atomic E-state index is 12.9. The summed E-state index contributed by atoms with van der Waals surface area (Å²) in [5.41, 5.74) is 1.78. The minimum absolute atomic E-state index is 0.193. The number of pyridine rings is 1. The third-order valence-electron chi connectivity index (χ3n) is 3.29. The summed E-state index contributed by atoms with van der Waals surface area (Å²) in [7, 11) is 0. The molecule has 0 fully saturated rings. The van der Waals surface area contributed by atoms with E-state index in [0.717, 1.165) is 16.9 Å². The molecule has 2 heterocycles. The summed E-state index contributed by atoms with van der Waals surface area (Å²) in [5, 5.41) is 2.87. The number of nitrogens with zero attached hydrogens (tertiary/aromatic N) is 2. The molecule has 0 spiro atoms. The highest BCUT2D eigenvalue weighted by Gasteiger charge is 2.22. The molecule has 126 valence electrons. The largest absolute Gasteiger partial charge is 0.450 e. The molecule has 1 aromatic carbocycles. The van der Waals surface area contributed by atoms with Gasteiger partial charge in [0.2, 0.25) is 5.78 Å². The molecular formula is C18H15N3O3S. The monoisotopic (exact) mass is 353 g/mol. The first-order valence-electron chi connectivity index (χ1n) is 7.63. The number of ether oxygens (including phenoxy) is 1. The van der Waals surface area contributed by atoms with Crippen molar-refractivity contribution in [3.8, 4) is 11.3 Å². The number of amides is 1. The minimum Gasteiger partial charge on any atom is -0.450 e. The third kappa shape index (κ3) is 3.89. The van der Waals surface area contributed by atoms with E-state index in [1.165, 1.54) is 6.20 Å². The number of thiazole rings is 1. The van der Waals surface area contributed by atoms with Gasteiger partial charge in [-0.3, -0.25) is 15.1 Å². The molecule has 0 radical (unpaired) electrons. The second-order valence-corrected chi connectivity index (χ2v) is 5.98. The maximum Gasteiger partial charge on any atom is 0.413 e. The third-order valence-corrected chi connectivity index (χ3v) is 4.26. The van der Waals surface area contributed by atoms with Gasteiger partial charge in [-0.1, -0.05) is 41.7 Å². The van der Waals surface area contributed by atoms with Crippen LogP contribution in [0.15, 0.2) is 54.9 Å². The molecular weight excluding hydrogens is 338 g/mol. The Morgan fingerprint density at radius 1 is 1.16 bits per heavy atom. The molecule has 0 unspecified atom stereocenters. The van der Waals surface area contributed by atoms with Crippen LogP contribution in [0.1, 0.15) is 22.2 Å². The molecule has 25 heavy (non-hydrogen) atoms. The Bertz CT molecular complexity index is 879. The van der Waals surface area contributed by atoms with Gasteiger partial charge in [0.25, 0.3) is 0 Å². The summed E-state index contributed by atoms with van der Waals surface area (Å²) in [6.45, 7) is 1.97. The van der Waals surface area contributed by atoms with Crippen LogP contribution in [-0.2, 0) is 4.74 Å². The van der Waals surface area contributed by atoms with Crippen LogP contribution in [0.25, 0.3) is 11.3 Å². The summed E-state index contributed by atoms with van der Waals surface area (Å²) in [6.07, 6.45) is 2.51. The van der Waals surface area contributed by atoms with Crippen LogP contribution < -0.4 is 5.32 Å². The number of rotatable bonds is 5. The van der Waals surface area contributed by atoms with Gasteiger partial charge < -0.3 is 4.74 Å². The van der Waals surface area contributed by atoms with Gasteiger partial charge in [0.15, 0.2) is 5.13 Å². The lowest BCUT2D eigenvalue weighted by Crippen LogP contribution is -2.12. The fourth-order valence-corrected chi connectivity index (χ4v) is 3.14. The Labute approximate surface area is 148 Å². The van der Waals surface area contributed by atoms with Crippen molar-refractivity contribution in [3.63, 3.8) is 0 Å². The van der Waals surface area contributed by atoms with E-state index in [-0.39, 0.29) is 12.4 Å². The number of hydrogen-bond acceptors (Lipinski definition) is 6. The van der Waals surface area contributed by atoms with Crippen molar-refractivity contribution in [1.29, 1.82) is 0 Å². The van der Waals surface area contributed by atoms with Gasteiger partial charge in [-0.2, -0.15) is 0 Å².